The van der Waals surface area contributed by atoms with E-state index in [9.17, 15) is 22.8 Å². The molecule has 1 atom stereocenters. The van der Waals surface area contributed by atoms with Crippen molar-refractivity contribution in [3.05, 3.63) is 58.5 Å². The Bertz CT molecular complexity index is 1070. The summed E-state index contributed by atoms with van der Waals surface area (Å²) >= 11 is 0. The highest BCUT2D eigenvalue weighted by molar-refractivity contribution is 7.91. The Morgan fingerprint density at radius 1 is 1.13 bits per heavy atom. The number of sulfone groups is 1. The van der Waals surface area contributed by atoms with E-state index in [0.29, 0.717) is 12.2 Å². The third kappa shape index (κ3) is 6.14. The van der Waals surface area contributed by atoms with Crippen molar-refractivity contribution in [1.82, 2.24) is 20.6 Å². The maximum atomic E-state index is 12.2. The van der Waals surface area contributed by atoms with Crippen LogP contribution in [-0.4, -0.2) is 48.1 Å². The largest absolute Gasteiger partial charge is 0.492 e. The van der Waals surface area contributed by atoms with Gasteiger partial charge in [0.2, 0.25) is 5.91 Å². The molecule has 1 unspecified atom stereocenters. The highest BCUT2D eigenvalue weighted by Gasteiger charge is 2.29. The number of hydrogen-bond donors (Lipinski definition) is 2. The molecule has 0 spiro atoms. The highest BCUT2D eigenvalue weighted by atomic mass is 32.2. The lowest BCUT2D eigenvalue weighted by molar-refractivity contribution is -0.122. The third-order valence-electron chi connectivity index (χ3n) is 4.53. The Hall–Kier alpha value is -3.21. The molecule has 2 N–H and O–H groups in total. The summed E-state index contributed by atoms with van der Waals surface area (Å²) in [6.45, 7) is 0.320. The molecule has 1 aromatic heterocycles. The van der Waals surface area contributed by atoms with Crippen LogP contribution in [0.2, 0.25) is 0 Å². The molecule has 0 saturated carbocycles. The fraction of sp³-hybridized carbons (Fsp3) is 0.368. The number of nitrogens with zero attached hydrogens (tertiary/aromatic N) is 2. The van der Waals surface area contributed by atoms with Gasteiger partial charge in [0.15, 0.2) is 15.5 Å². The van der Waals surface area contributed by atoms with Crippen LogP contribution in [0, 0.1) is 5.92 Å². The van der Waals surface area contributed by atoms with Crippen LogP contribution in [0.3, 0.4) is 0 Å². The monoisotopic (exact) mass is 434 g/mol. The van der Waals surface area contributed by atoms with E-state index in [2.05, 4.69) is 16.0 Å². The summed E-state index contributed by atoms with van der Waals surface area (Å²) in [5.41, 5.74) is 4.02. The molecule has 30 heavy (non-hydrogen) atoms. The van der Waals surface area contributed by atoms with Crippen molar-refractivity contribution in [1.29, 1.82) is 0 Å². The van der Waals surface area contributed by atoms with Crippen molar-refractivity contribution >= 4 is 21.7 Å². The van der Waals surface area contributed by atoms with Crippen LogP contribution >= 0.6 is 0 Å². The summed E-state index contributed by atoms with van der Waals surface area (Å²) in [6.07, 6.45) is 0.435. The Morgan fingerprint density at radius 2 is 1.90 bits per heavy atom. The van der Waals surface area contributed by atoms with Gasteiger partial charge in [0.1, 0.15) is 12.4 Å². The first-order valence-electron chi connectivity index (χ1n) is 9.38. The Morgan fingerprint density at radius 3 is 2.60 bits per heavy atom. The summed E-state index contributed by atoms with van der Waals surface area (Å²) in [5.74, 6) is -0.730. The number of ether oxygens (including phenoxy) is 1. The van der Waals surface area contributed by atoms with Gasteiger partial charge in [-0.2, -0.15) is 5.10 Å². The van der Waals surface area contributed by atoms with Crippen molar-refractivity contribution in [3.63, 3.8) is 0 Å². The number of carbonyl (C=O) groups is 2. The third-order valence-corrected chi connectivity index (χ3v) is 6.37. The standard InChI is InChI=1S/C19H22N4O6S/c24-17(12-14-8-11-30(27,28)13-14)20-21-19(26)16-6-7-18(25)23(22-16)9-10-29-15-4-2-1-3-5-15/h1-7,14H,8-13H2,(H,20,24)(H,21,26). The van der Waals surface area contributed by atoms with Gasteiger partial charge >= 0.3 is 0 Å². The van der Waals surface area contributed by atoms with Gasteiger partial charge in [-0.25, -0.2) is 13.1 Å². The number of benzene rings is 1. The summed E-state index contributed by atoms with van der Waals surface area (Å²) in [4.78, 5) is 36.1. The number of hydrogen-bond acceptors (Lipinski definition) is 7. The minimum absolute atomic E-state index is 0.00324. The van der Waals surface area contributed by atoms with Gasteiger partial charge in [0.05, 0.1) is 18.1 Å². The Balaban J connectivity index is 1.50. The lowest BCUT2D eigenvalue weighted by Gasteiger charge is -2.11. The molecule has 2 amide bonds. The van der Waals surface area contributed by atoms with Gasteiger partial charge in [0.25, 0.3) is 11.5 Å². The van der Waals surface area contributed by atoms with E-state index >= 15 is 0 Å². The molecule has 1 aromatic carbocycles. The van der Waals surface area contributed by atoms with Crippen molar-refractivity contribution < 1.29 is 22.7 Å². The fourth-order valence-electron chi connectivity index (χ4n) is 3.03. The van der Waals surface area contributed by atoms with Gasteiger partial charge in [-0.05, 0) is 30.5 Å². The number of hydrazine groups is 1. The first kappa shape index (κ1) is 21.5. The van der Waals surface area contributed by atoms with Crippen molar-refractivity contribution in [2.45, 2.75) is 19.4 Å². The second-order valence-corrected chi connectivity index (χ2v) is 9.15. The van der Waals surface area contributed by atoms with E-state index in [1.165, 1.54) is 12.1 Å². The normalized spacial score (nSPS) is 17.3. The van der Waals surface area contributed by atoms with Crippen LogP contribution in [0.15, 0.2) is 47.3 Å². The van der Waals surface area contributed by atoms with Crippen LogP contribution in [0.1, 0.15) is 23.3 Å². The van der Waals surface area contributed by atoms with Crippen molar-refractivity contribution in [2.24, 2.45) is 5.92 Å². The molecule has 0 radical (unpaired) electrons. The SMILES string of the molecule is O=C(CC1CCS(=O)(=O)C1)NNC(=O)c1ccc(=O)n(CCOc2ccccc2)n1. The molecular formula is C19H22N4O6S. The molecule has 0 aliphatic carbocycles. The van der Waals surface area contributed by atoms with Crippen molar-refractivity contribution in [3.8, 4) is 5.75 Å². The first-order chi connectivity index (χ1) is 14.3. The smallest absolute Gasteiger partial charge is 0.290 e. The summed E-state index contributed by atoms with van der Waals surface area (Å²) in [5, 5.41) is 3.99. The minimum Gasteiger partial charge on any atom is -0.492 e. The van der Waals surface area contributed by atoms with Crippen LogP contribution in [0.4, 0.5) is 0 Å². The lowest BCUT2D eigenvalue weighted by Crippen LogP contribution is -2.43. The highest BCUT2D eigenvalue weighted by Crippen LogP contribution is 2.21. The molecule has 1 saturated heterocycles. The van der Waals surface area contributed by atoms with Gasteiger partial charge in [-0.1, -0.05) is 18.2 Å². The number of amides is 2. The predicted molar refractivity (Wildman–Crippen MR) is 107 cm³/mol. The van der Waals surface area contributed by atoms with Gasteiger partial charge in [-0.3, -0.25) is 25.2 Å². The van der Waals surface area contributed by atoms with Gasteiger partial charge in [-0.15, -0.1) is 0 Å². The lowest BCUT2D eigenvalue weighted by atomic mass is 10.1. The zero-order chi connectivity index (χ0) is 21.6. The van der Waals surface area contributed by atoms with E-state index < -0.39 is 27.2 Å². The second-order valence-electron chi connectivity index (χ2n) is 6.92. The van der Waals surface area contributed by atoms with E-state index in [1.807, 2.05) is 18.2 Å². The number of nitrogens with one attached hydrogen (secondary N) is 2. The molecule has 2 aromatic rings. The van der Waals surface area contributed by atoms with E-state index in [4.69, 9.17) is 4.74 Å². The average Bonchev–Trinajstić information content (AvgIpc) is 3.06. The van der Waals surface area contributed by atoms with Gasteiger partial charge in [0, 0.05) is 12.5 Å². The Labute approximate surface area is 173 Å². The fourth-order valence-corrected chi connectivity index (χ4v) is 4.90. The summed E-state index contributed by atoms with van der Waals surface area (Å²) in [6, 6.07) is 11.5. The van der Waals surface area contributed by atoms with Crippen LogP contribution in [0.25, 0.3) is 0 Å². The molecule has 3 rings (SSSR count). The molecule has 2 heterocycles. The minimum atomic E-state index is -3.07. The topological polar surface area (TPSA) is 136 Å². The first-order valence-corrected chi connectivity index (χ1v) is 11.2. The maximum Gasteiger partial charge on any atom is 0.290 e. The molecule has 160 valence electrons. The van der Waals surface area contributed by atoms with Crippen LogP contribution in [-0.2, 0) is 21.2 Å². The number of aromatic nitrogens is 2. The van der Waals surface area contributed by atoms with Crippen LogP contribution in [0.5, 0.6) is 5.75 Å². The zero-order valence-electron chi connectivity index (χ0n) is 16.1. The van der Waals surface area contributed by atoms with Crippen molar-refractivity contribution in [2.75, 3.05) is 18.1 Å². The van der Waals surface area contributed by atoms with E-state index in [0.717, 1.165) is 4.68 Å². The van der Waals surface area contributed by atoms with E-state index in [-0.39, 0.29) is 42.7 Å². The summed E-state index contributed by atoms with van der Waals surface area (Å²) in [7, 11) is -3.07. The summed E-state index contributed by atoms with van der Waals surface area (Å²) < 4.78 is 29.5. The molecule has 10 nitrogen and oxygen atoms in total. The van der Waals surface area contributed by atoms with E-state index in [1.54, 1.807) is 12.1 Å². The molecule has 1 aliphatic rings. The quantitative estimate of drug-likeness (QED) is 0.581. The zero-order valence-corrected chi connectivity index (χ0v) is 16.9. The predicted octanol–water partition coefficient (Wildman–Crippen LogP) is -0.0919. The molecule has 0 bridgehead atoms. The average molecular weight is 434 g/mol. The molecule has 1 aliphatic heterocycles. The number of para-hydroxylation sites is 1. The molecule has 1 fully saturated rings. The second kappa shape index (κ2) is 9.53. The maximum absolute atomic E-state index is 12.2. The Kier molecular flexibility index (Phi) is 6.83. The molecule has 11 heteroatoms. The van der Waals surface area contributed by atoms with Gasteiger partial charge < -0.3 is 4.74 Å². The molecular weight excluding hydrogens is 412 g/mol. The number of rotatable bonds is 7. The number of carbonyl (C=O) groups excluding carboxylic acids is 2. The van der Waals surface area contributed by atoms with Crippen LogP contribution < -0.4 is 21.1 Å².